The zero-order chi connectivity index (χ0) is 12.4. The molecule has 86 valence electrons. The number of nitrogens with two attached hydrogens (primary N) is 1. The van der Waals surface area contributed by atoms with Gasteiger partial charge in [-0.05, 0) is 12.1 Å². The first-order chi connectivity index (χ1) is 8.15. The van der Waals surface area contributed by atoms with Crippen LogP contribution in [0.3, 0.4) is 0 Å². The van der Waals surface area contributed by atoms with Gasteiger partial charge in [-0.3, -0.25) is 4.79 Å². The minimum absolute atomic E-state index is 0.0115. The Labute approximate surface area is 94.5 Å². The quantitative estimate of drug-likeness (QED) is 0.681. The fourth-order valence-corrected chi connectivity index (χ4v) is 1.44. The molecule has 6 nitrogen and oxygen atoms in total. The molecule has 2 aromatic rings. The number of fused-ring (bicyclic) bond motifs is 1. The van der Waals surface area contributed by atoms with Crippen molar-refractivity contribution in [2.45, 2.75) is 0 Å². The van der Waals surface area contributed by atoms with E-state index in [4.69, 9.17) is 11.3 Å². The number of pyridine rings is 2. The Hall–Kier alpha value is -2.57. The summed E-state index contributed by atoms with van der Waals surface area (Å²) >= 11 is 0. The van der Waals surface area contributed by atoms with Crippen molar-refractivity contribution in [3.63, 3.8) is 0 Å². The summed E-state index contributed by atoms with van der Waals surface area (Å²) in [5, 5.41) is 3.52. The van der Waals surface area contributed by atoms with E-state index in [1.807, 2.05) is 0 Å². The third-order valence-electron chi connectivity index (χ3n) is 2.21. The normalized spacial score (nSPS) is 11.7. The van der Waals surface area contributed by atoms with Gasteiger partial charge in [0.2, 0.25) is 0 Å². The summed E-state index contributed by atoms with van der Waals surface area (Å²) < 4.78 is 13.0. The van der Waals surface area contributed by atoms with E-state index in [1.54, 1.807) is 0 Å². The zero-order valence-corrected chi connectivity index (χ0v) is 8.57. The van der Waals surface area contributed by atoms with Crippen molar-refractivity contribution < 1.29 is 4.39 Å². The van der Waals surface area contributed by atoms with Gasteiger partial charge in [0, 0.05) is 11.6 Å². The lowest BCUT2D eigenvalue weighted by molar-refractivity contribution is 0.624. The van der Waals surface area contributed by atoms with Gasteiger partial charge in [-0.2, -0.15) is 5.11 Å². The van der Waals surface area contributed by atoms with Gasteiger partial charge in [0.15, 0.2) is 0 Å². The molecule has 0 unspecified atom stereocenters. The standard InChI is InChI=1S/C10H8FN5O/c11-6-1-5-2-7(8(3-12)16-13)10(17)15-9(5)14-4-6/h1-4,13H,12H2,(H,14,15,17)/b8-3-,16-13?. The molecule has 2 aromatic heterocycles. The van der Waals surface area contributed by atoms with Crippen LogP contribution >= 0.6 is 0 Å². The number of rotatable bonds is 2. The highest BCUT2D eigenvalue weighted by atomic mass is 19.1. The Kier molecular flexibility index (Phi) is 2.65. The molecule has 0 spiro atoms. The number of H-pyrrole nitrogens is 1. The Morgan fingerprint density at radius 3 is 3.00 bits per heavy atom. The van der Waals surface area contributed by atoms with Crippen LogP contribution in [0.4, 0.5) is 4.39 Å². The molecule has 0 bridgehead atoms. The predicted molar refractivity (Wildman–Crippen MR) is 59.6 cm³/mol. The van der Waals surface area contributed by atoms with E-state index in [0.717, 1.165) is 12.4 Å². The average molecular weight is 233 g/mol. The first kappa shape index (κ1) is 10.9. The Morgan fingerprint density at radius 1 is 1.59 bits per heavy atom. The van der Waals surface area contributed by atoms with Gasteiger partial charge in [0.1, 0.15) is 17.2 Å². The lowest BCUT2D eigenvalue weighted by Gasteiger charge is -2.01. The van der Waals surface area contributed by atoms with Crippen LogP contribution in [0, 0.1) is 11.3 Å². The number of nitrogens with zero attached hydrogens (tertiary/aromatic N) is 2. The van der Waals surface area contributed by atoms with E-state index in [2.05, 4.69) is 15.1 Å². The van der Waals surface area contributed by atoms with E-state index < -0.39 is 11.4 Å². The van der Waals surface area contributed by atoms with Crippen molar-refractivity contribution in [2.75, 3.05) is 0 Å². The van der Waals surface area contributed by atoms with Crippen LogP contribution in [0.2, 0.25) is 0 Å². The monoisotopic (exact) mass is 233 g/mol. The van der Waals surface area contributed by atoms with Crippen molar-refractivity contribution in [2.24, 2.45) is 10.8 Å². The summed E-state index contributed by atoms with van der Waals surface area (Å²) in [7, 11) is 0. The van der Waals surface area contributed by atoms with Crippen molar-refractivity contribution in [1.82, 2.24) is 9.97 Å². The Bertz CT molecular complexity index is 676. The maximum Gasteiger partial charge on any atom is 0.259 e. The zero-order valence-electron chi connectivity index (χ0n) is 8.57. The highest BCUT2D eigenvalue weighted by Crippen LogP contribution is 2.15. The number of aromatic nitrogens is 2. The van der Waals surface area contributed by atoms with Crippen molar-refractivity contribution in [3.8, 4) is 0 Å². The van der Waals surface area contributed by atoms with E-state index in [1.165, 1.54) is 12.1 Å². The average Bonchev–Trinajstić information content (AvgIpc) is 2.32. The van der Waals surface area contributed by atoms with Crippen molar-refractivity contribution in [1.29, 1.82) is 5.53 Å². The molecule has 0 radical (unpaired) electrons. The van der Waals surface area contributed by atoms with Gasteiger partial charge in [0.25, 0.3) is 5.56 Å². The summed E-state index contributed by atoms with van der Waals surface area (Å²) in [6, 6.07) is 2.61. The molecular weight excluding hydrogens is 225 g/mol. The lowest BCUT2D eigenvalue weighted by Crippen LogP contribution is -2.12. The molecular formula is C10H8FN5O. The molecule has 0 aromatic carbocycles. The van der Waals surface area contributed by atoms with Crippen LogP contribution in [0.25, 0.3) is 16.7 Å². The number of halogens is 1. The first-order valence-corrected chi connectivity index (χ1v) is 4.64. The summed E-state index contributed by atoms with van der Waals surface area (Å²) in [5.41, 5.74) is 12.0. The summed E-state index contributed by atoms with van der Waals surface area (Å²) in [6.45, 7) is 0. The third-order valence-corrected chi connectivity index (χ3v) is 2.21. The maximum atomic E-state index is 13.0. The second-order valence-corrected chi connectivity index (χ2v) is 3.27. The second kappa shape index (κ2) is 4.12. The number of nitrogens with one attached hydrogen (secondary N) is 2. The number of hydrogen-bond donors (Lipinski definition) is 3. The second-order valence-electron chi connectivity index (χ2n) is 3.27. The molecule has 0 saturated heterocycles. The van der Waals surface area contributed by atoms with E-state index in [0.29, 0.717) is 5.39 Å². The summed E-state index contributed by atoms with van der Waals surface area (Å²) in [6.07, 6.45) is 2.04. The Morgan fingerprint density at radius 2 is 2.35 bits per heavy atom. The molecule has 0 aliphatic heterocycles. The number of hydrogen-bond acceptors (Lipinski definition) is 5. The minimum atomic E-state index is -0.517. The highest BCUT2D eigenvalue weighted by molar-refractivity contribution is 5.79. The van der Waals surface area contributed by atoms with Crippen LogP contribution in [0.15, 0.2) is 34.4 Å². The van der Waals surface area contributed by atoms with Crippen LogP contribution in [-0.4, -0.2) is 9.97 Å². The predicted octanol–water partition coefficient (Wildman–Crippen LogP) is 1.35. The smallest absolute Gasteiger partial charge is 0.259 e. The molecule has 2 rings (SSSR count). The number of aromatic amines is 1. The molecule has 4 N–H and O–H groups in total. The summed E-state index contributed by atoms with van der Waals surface area (Å²) in [4.78, 5) is 17.8. The van der Waals surface area contributed by atoms with Gasteiger partial charge < -0.3 is 10.7 Å². The van der Waals surface area contributed by atoms with Gasteiger partial charge in [0.05, 0.1) is 11.8 Å². The third kappa shape index (κ3) is 1.89. The molecule has 0 fully saturated rings. The van der Waals surface area contributed by atoms with Gasteiger partial charge in [-0.25, -0.2) is 14.9 Å². The van der Waals surface area contributed by atoms with E-state index in [9.17, 15) is 9.18 Å². The SMILES string of the molecule is N=N/C(=C\N)c1cc2cc(F)cnc2[nH]c1=O. The molecule has 0 saturated carbocycles. The molecule has 7 heteroatoms. The van der Waals surface area contributed by atoms with E-state index >= 15 is 0 Å². The van der Waals surface area contributed by atoms with Crippen molar-refractivity contribution >= 4 is 16.7 Å². The maximum absolute atomic E-state index is 13.0. The van der Waals surface area contributed by atoms with Gasteiger partial charge in [-0.15, -0.1) is 0 Å². The molecule has 2 heterocycles. The molecule has 17 heavy (non-hydrogen) atoms. The van der Waals surface area contributed by atoms with Crippen LogP contribution in [0.5, 0.6) is 0 Å². The van der Waals surface area contributed by atoms with E-state index in [-0.39, 0.29) is 16.9 Å². The van der Waals surface area contributed by atoms with Crippen LogP contribution in [0.1, 0.15) is 5.56 Å². The minimum Gasteiger partial charge on any atom is -0.403 e. The largest absolute Gasteiger partial charge is 0.403 e. The molecule has 0 amide bonds. The van der Waals surface area contributed by atoms with Gasteiger partial charge in [-0.1, -0.05) is 0 Å². The summed E-state index contributed by atoms with van der Waals surface area (Å²) in [5.74, 6) is -0.517. The highest BCUT2D eigenvalue weighted by Gasteiger charge is 2.08. The Balaban J connectivity index is 2.78. The first-order valence-electron chi connectivity index (χ1n) is 4.64. The fourth-order valence-electron chi connectivity index (χ4n) is 1.44. The molecule has 0 aliphatic carbocycles. The van der Waals surface area contributed by atoms with Crippen LogP contribution < -0.4 is 11.3 Å². The van der Waals surface area contributed by atoms with Gasteiger partial charge >= 0.3 is 0 Å². The topological polar surface area (TPSA) is 108 Å². The molecule has 0 aliphatic rings. The lowest BCUT2D eigenvalue weighted by atomic mass is 10.1. The van der Waals surface area contributed by atoms with Crippen molar-refractivity contribution in [3.05, 3.63) is 46.3 Å². The van der Waals surface area contributed by atoms with Crippen LogP contribution in [-0.2, 0) is 0 Å². The molecule has 0 atom stereocenters. The fraction of sp³-hybridized carbons (Fsp3) is 0.